The molecule has 1 heterocycles. The van der Waals surface area contributed by atoms with Gasteiger partial charge in [-0.05, 0) is 13.0 Å². The van der Waals surface area contributed by atoms with Crippen LogP contribution in [0.3, 0.4) is 0 Å². The Morgan fingerprint density at radius 1 is 1.80 bits per heavy atom. The highest BCUT2D eigenvalue weighted by Crippen LogP contribution is 2.03. The highest BCUT2D eigenvalue weighted by molar-refractivity contribution is 5.42. The summed E-state index contributed by atoms with van der Waals surface area (Å²) in [4.78, 5) is 0. The molecule has 0 saturated carbocycles. The maximum Gasteiger partial charge on any atom is 0.159 e. The molecule has 0 aromatic carbocycles. The summed E-state index contributed by atoms with van der Waals surface area (Å²) in [5.41, 5.74) is 0.845. The molecule has 0 aliphatic carbocycles. The molecule has 10 heavy (non-hydrogen) atoms. The summed E-state index contributed by atoms with van der Waals surface area (Å²) in [5, 5.41) is 12.0. The van der Waals surface area contributed by atoms with Gasteiger partial charge in [0.25, 0.3) is 0 Å². The first-order valence-corrected chi connectivity index (χ1v) is 3.03. The van der Waals surface area contributed by atoms with E-state index in [1.165, 1.54) is 0 Å². The van der Waals surface area contributed by atoms with Crippen molar-refractivity contribution in [1.29, 1.82) is 0 Å². The molecule has 0 fully saturated rings. The summed E-state index contributed by atoms with van der Waals surface area (Å²) < 4.78 is 4.82. The second-order valence-electron chi connectivity index (χ2n) is 1.96. The summed E-state index contributed by atoms with van der Waals surface area (Å²) in [5.74, 6) is 0.673. The van der Waals surface area contributed by atoms with Gasteiger partial charge >= 0.3 is 0 Å². The van der Waals surface area contributed by atoms with Gasteiger partial charge in [-0.25, -0.2) is 0 Å². The SMILES string of the molecule is Cc1cc(C=CCO)on1. The molecule has 0 unspecified atom stereocenters. The summed E-state index contributed by atoms with van der Waals surface area (Å²) in [7, 11) is 0. The number of aryl methyl sites for hydroxylation is 1. The molecule has 1 aromatic rings. The van der Waals surface area contributed by atoms with Gasteiger partial charge in [-0.15, -0.1) is 0 Å². The van der Waals surface area contributed by atoms with Crippen molar-refractivity contribution in [2.45, 2.75) is 6.92 Å². The van der Waals surface area contributed by atoms with Crippen molar-refractivity contribution in [2.24, 2.45) is 0 Å². The van der Waals surface area contributed by atoms with Crippen LogP contribution in [0.4, 0.5) is 0 Å². The third-order valence-corrected chi connectivity index (χ3v) is 1.03. The van der Waals surface area contributed by atoms with E-state index in [4.69, 9.17) is 9.63 Å². The zero-order valence-corrected chi connectivity index (χ0v) is 5.74. The molecular weight excluding hydrogens is 130 g/mol. The van der Waals surface area contributed by atoms with Gasteiger partial charge in [0.15, 0.2) is 5.76 Å². The normalized spacial score (nSPS) is 11.0. The third-order valence-electron chi connectivity index (χ3n) is 1.03. The zero-order chi connectivity index (χ0) is 7.40. The van der Waals surface area contributed by atoms with E-state index in [1.807, 2.05) is 6.92 Å². The molecule has 54 valence electrons. The second-order valence-corrected chi connectivity index (χ2v) is 1.96. The van der Waals surface area contributed by atoms with Gasteiger partial charge < -0.3 is 9.63 Å². The van der Waals surface area contributed by atoms with E-state index in [2.05, 4.69) is 5.16 Å². The lowest BCUT2D eigenvalue weighted by Gasteiger charge is -1.77. The third kappa shape index (κ3) is 1.70. The number of aromatic nitrogens is 1. The first kappa shape index (κ1) is 7.02. The van der Waals surface area contributed by atoms with Crippen molar-refractivity contribution in [2.75, 3.05) is 6.61 Å². The van der Waals surface area contributed by atoms with Gasteiger partial charge in [0, 0.05) is 6.07 Å². The van der Waals surface area contributed by atoms with Crippen molar-refractivity contribution in [3.8, 4) is 0 Å². The van der Waals surface area contributed by atoms with Gasteiger partial charge in [-0.1, -0.05) is 11.2 Å². The topological polar surface area (TPSA) is 46.3 Å². The Hall–Kier alpha value is -1.09. The van der Waals surface area contributed by atoms with E-state index in [0.717, 1.165) is 5.69 Å². The Balaban J connectivity index is 2.67. The standard InChI is InChI=1S/C7H9NO2/c1-6-5-7(10-8-6)3-2-4-9/h2-3,5,9H,4H2,1H3. The molecule has 0 radical (unpaired) electrons. The molecular formula is C7H9NO2. The molecule has 0 spiro atoms. The van der Waals surface area contributed by atoms with E-state index in [1.54, 1.807) is 18.2 Å². The highest BCUT2D eigenvalue weighted by atomic mass is 16.5. The smallest absolute Gasteiger partial charge is 0.159 e. The number of rotatable bonds is 2. The molecule has 0 bridgehead atoms. The van der Waals surface area contributed by atoms with Crippen LogP contribution in [-0.4, -0.2) is 16.9 Å². The molecule has 3 heteroatoms. The largest absolute Gasteiger partial charge is 0.392 e. The van der Waals surface area contributed by atoms with Crippen molar-refractivity contribution in [3.05, 3.63) is 23.6 Å². The van der Waals surface area contributed by atoms with E-state index < -0.39 is 0 Å². The average Bonchev–Trinajstić information content (AvgIpc) is 2.31. The molecule has 1 aromatic heterocycles. The predicted octanol–water partition coefficient (Wildman–Crippen LogP) is 0.989. The molecule has 1 N–H and O–H groups in total. The van der Waals surface area contributed by atoms with E-state index >= 15 is 0 Å². The summed E-state index contributed by atoms with van der Waals surface area (Å²) in [6.45, 7) is 1.87. The van der Waals surface area contributed by atoms with Crippen LogP contribution >= 0.6 is 0 Å². The molecule has 1 rings (SSSR count). The van der Waals surface area contributed by atoms with Crippen LogP contribution in [0.5, 0.6) is 0 Å². The lowest BCUT2D eigenvalue weighted by Crippen LogP contribution is -1.69. The van der Waals surface area contributed by atoms with E-state index in [0.29, 0.717) is 5.76 Å². The fourth-order valence-corrected chi connectivity index (χ4v) is 0.631. The minimum Gasteiger partial charge on any atom is -0.392 e. The maximum atomic E-state index is 8.39. The van der Waals surface area contributed by atoms with Crippen LogP contribution in [-0.2, 0) is 0 Å². The Bertz CT molecular complexity index is 227. The van der Waals surface area contributed by atoms with Crippen molar-refractivity contribution < 1.29 is 9.63 Å². The zero-order valence-electron chi connectivity index (χ0n) is 5.74. The Kier molecular flexibility index (Phi) is 2.23. The number of hydrogen-bond donors (Lipinski definition) is 1. The molecule has 3 nitrogen and oxygen atoms in total. The van der Waals surface area contributed by atoms with Crippen LogP contribution in [0.2, 0.25) is 0 Å². The lowest BCUT2D eigenvalue weighted by molar-refractivity contribution is 0.343. The number of hydrogen-bond acceptors (Lipinski definition) is 3. The Morgan fingerprint density at radius 3 is 3.10 bits per heavy atom. The number of aliphatic hydroxyl groups is 1. The maximum absolute atomic E-state index is 8.39. The number of nitrogens with zero attached hydrogens (tertiary/aromatic N) is 1. The average molecular weight is 139 g/mol. The van der Waals surface area contributed by atoms with Crippen LogP contribution in [0.1, 0.15) is 11.5 Å². The Labute approximate surface area is 59.0 Å². The highest BCUT2D eigenvalue weighted by Gasteiger charge is 1.92. The number of aliphatic hydroxyl groups excluding tert-OH is 1. The quantitative estimate of drug-likeness (QED) is 0.664. The predicted molar refractivity (Wildman–Crippen MR) is 37.4 cm³/mol. The molecule has 0 aliphatic heterocycles. The van der Waals surface area contributed by atoms with Gasteiger partial charge in [0.2, 0.25) is 0 Å². The minimum absolute atomic E-state index is 0.0275. The van der Waals surface area contributed by atoms with Crippen LogP contribution in [0.25, 0.3) is 6.08 Å². The second kappa shape index (κ2) is 3.17. The fourth-order valence-electron chi connectivity index (χ4n) is 0.631. The Morgan fingerprint density at radius 2 is 2.60 bits per heavy atom. The van der Waals surface area contributed by atoms with Crippen molar-refractivity contribution in [1.82, 2.24) is 5.16 Å². The van der Waals surface area contributed by atoms with E-state index in [9.17, 15) is 0 Å². The molecule has 0 saturated heterocycles. The molecule has 0 amide bonds. The van der Waals surface area contributed by atoms with Crippen LogP contribution in [0.15, 0.2) is 16.7 Å². The van der Waals surface area contributed by atoms with Crippen LogP contribution < -0.4 is 0 Å². The van der Waals surface area contributed by atoms with Gasteiger partial charge in [-0.2, -0.15) is 0 Å². The van der Waals surface area contributed by atoms with E-state index in [-0.39, 0.29) is 6.61 Å². The summed E-state index contributed by atoms with van der Waals surface area (Å²) in [6.07, 6.45) is 3.28. The molecule has 0 aliphatic rings. The first-order chi connectivity index (χ1) is 4.83. The van der Waals surface area contributed by atoms with Gasteiger partial charge in [-0.3, -0.25) is 0 Å². The lowest BCUT2D eigenvalue weighted by atomic mass is 10.3. The first-order valence-electron chi connectivity index (χ1n) is 3.03. The summed E-state index contributed by atoms with van der Waals surface area (Å²) in [6, 6.07) is 1.80. The minimum atomic E-state index is 0.0275. The molecule has 0 atom stereocenters. The van der Waals surface area contributed by atoms with Crippen molar-refractivity contribution in [3.63, 3.8) is 0 Å². The fraction of sp³-hybridized carbons (Fsp3) is 0.286. The van der Waals surface area contributed by atoms with Crippen molar-refractivity contribution >= 4 is 6.08 Å². The van der Waals surface area contributed by atoms with Crippen LogP contribution in [0, 0.1) is 6.92 Å². The monoisotopic (exact) mass is 139 g/mol. The van der Waals surface area contributed by atoms with Gasteiger partial charge in [0.05, 0.1) is 12.3 Å². The summed E-state index contributed by atoms with van der Waals surface area (Å²) >= 11 is 0. The van der Waals surface area contributed by atoms with Gasteiger partial charge in [0.1, 0.15) is 0 Å².